The van der Waals surface area contributed by atoms with Gasteiger partial charge in [-0.3, -0.25) is 4.79 Å². The molecule has 0 aliphatic heterocycles. The van der Waals surface area contributed by atoms with Gasteiger partial charge >= 0.3 is 0 Å². The number of nitrogens with one attached hydrogen (secondary N) is 2. The second kappa shape index (κ2) is 9.54. The number of carbonyl (C=O) groups is 1. The first-order valence-electron chi connectivity index (χ1n) is 9.86. The van der Waals surface area contributed by atoms with Crippen LogP contribution in [0, 0.1) is 12.7 Å². The third kappa shape index (κ3) is 6.04. The standard InChI is InChI=1S/C21H28FN5O2/c1-14-12-23-21(26-20(14)27(2)3)25-17-9-7-16(8-10-17)24-19(28)13-29-18-6-4-5-15(22)11-18/h4-6,11-12,16-17H,7-10,13H2,1-3H3,(H,24,28)(H,23,25,26). The Morgan fingerprint density at radius 3 is 2.66 bits per heavy atom. The molecule has 1 fully saturated rings. The van der Waals surface area contributed by atoms with E-state index in [0.29, 0.717) is 11.7 Å². The molecule has 1 aromatic carbocycles. The van der Waals surface area contributed by atoms with Crippen molar-refractivity contribution < 1.29 is 13.9 Å². The predicted octanol–water partition coefficient (Wildman–Crippen LogP) is 2.91. The average molecular weight is 401 g/mol. The van der Waals surface area contributed by atoms with E-state index in [1.165, 1.54) is 12.1 Å². The molecule has 1 aromatic heterocycles. The average Bonchev–Trinajstić information content (AvgIpc) is 2.69. The third-order valence-electron chi connectivity index (χ3n) is 4.96. The molecule has 156 valence electrons. The highest BCUT2D eigenvalue weighted by Gasteiger charge is 2.23. The van der Waals surface area contributed by atoms with Gasteiger partial charge in [0.25, 0.3) is 5.91 Å². The highest BCUT2D eigenvalue weighted by atomic mass is 19.1. The Balaban J connectivity index is 1.42. The zero-order valence-electron chi connectivity index (χ0n) is 17.1. The second-order valence-electron chi connectivity index (χ2n) is 7.60. The number of ether oxygens (including phenoxy) is 1. The minimum absolute atomic E-state index is 0.118. The van der Waals surface area contributed by atoms with Gasteiger partial charge in [-0.25, -0.2) is 9.37 Å². The molecule has 1 amide bonds. The molecular formula is C21H28FN5O2. The number of hydrogen-bond acceptors (Lipinski definition) is 6. The van der Waals surface area contributed by atoms with Crippen LogP contribution in [0.25, 0.3) is 0 Å². The maximum absolute atomic E-state index is 13.1. The normalized spacial score (nSPS) is 18.8. The Morgan fingerprint density at radius 1 is 1.24 bits per heavy atom. The van der Waals surface area contributed by atoms with Crippen molar-refractivity contribution in [3.05, 3.63) is 41.8 Å². The number of carbonyl (C=O) groups excluding carboxylic acids is 1. The summed E-state index contributed by atoms with van der Waals surface area (Å²) in [7, 11) is 3.93. The molecule has 0 bridgehead atoms. The SMILES string of the molecule is Cc1cnc(NC2CCC(NC(=O)COc3cccc(F)c3)CC2)nc1N(C)C. The van der Waals surface area contributed by atoms with Crippen molar-refractivity contribution in [3.8, 4) is 5.75 Å². The topological polar surface area (TPSA) is 79.4 Å². The number of nitrogens with zero attached hydrogens (tertiary/aromatic N) is 3. The van der Waals surface area contributed by atoms with E-state index in [0.717, 1.165) is 37.1 Å². The number of aryl methyl sites for hydroxylation is 1. The largest absolute Gasteiger partial charge is 0.484 e. The van der Waals surface area contributed by atoms with E-state index in [1.54, 1.807) is 12.1 Å². The van der Waals surface area contributed by atoms with Crippen LogP contribution >= 0.6 is 0 Å². The van der Waals surface area contributed by atoms with Gasteiger partial charge in [0.05, 0.1) is 0 Å². The fraction of sp³-hybridized carbons (Fsp3) is 0.476. The van der Waals surface area contributed by atoms with Crippen molar-refractivity contribution >= 4 is 17.7 Å². The Hall–Kier alpha value is -2.90. The smallest absolute Gasteiger partial charge is 0.258 e. The van der Waals surface area contributed by atoms with Crippen molar-refractivity contribution in [2.24, 2.45) is 0 Å². The molecule has 0 saturated heterocycles. The summed E-state index contributed by atoms with van der Waals surface area (Å²) in [5.41, 5.74) is 1.03. The van der Waals surface area contributed by atoms with E-state index in [-0.39, 0.29) is 30.4 Å². The summed E-state index contributed by atoms with van der Waals surface area (Å²) in [4.78, 5) is 23.0. The molecule has 2 N–H and O–H groups in total. The Labute approximate surface area is 170 Å². The van der Waals surface area contributed by atoms with Crippen molar-refractivity contribution in [3.63, 3.8) is 0 Å². The van der Waals surface area contributed by atoms with Crippen LogP contribution in [0.5, 0.6) is 5.75 Å². The number of benzene rings is 1. The van der Waals surface area contributed by atoms with Gasteiger partial charge in [0, 0.05) is 44.0 Å². The van der Waals surface area contributed by atoms with Crippen LogP contribution in [0.2, 0.25) is 0 Å². The van der Waals surface area contributed by atoms with E-state index in [9.17, 15) is 9.18 Å². The highest BCUT2D eigenvalue weighted by Crippen LogP contribution is 2.22. The van der Waals surface area contributed by atoms with Gasteiger partial charge in [0.1, 0.15) is 17.4 Å². The lowest BCUT2D eigenvalue weighted by atomic mass is 9.91. The molecule has 1 saturated carbocycles. The highest BCUT2D eigenvalue weighted by molar-refractivity contribution is 5.77. The van der Waals surface area contributed by atoms with Crippen LogP contribution in [-0.2, 0) is 4.79 Å². The molecule has 1 aliphatic carbocycles. The molecule has 29 heavy (non-hydrogen) atoms. The maximum atomic E-state index is 13.1. The first-order valence-corrected chi connectivity index (χ1v) is 9.86. The van der Waals surface area contributed by atoms with Crippen molar-refractivity contribution in [2.45, 2.75) is 44.7 Å². The Bertz CT molecular complexity index is 838. The van der Waals surface area contributed by atoms with Gasteiger partial charge in [-0.1, -0.05) is 6.07 Å². The van der Waals surface area contributed by atoms with Gasteiger partial charge in [-0.05, 0) is 44.7 Å². The van der Waals surface area contributed by atoms with E-state index >= 15 is 0 Å². The predicted molar refractivity (Wildman–Crippen MR) is 111 cm³/mol. The van der Waals surface area contributed by atoms with Crippen molar-refractivity contribution in [2.75, 3.05) is 30.9 Å². The lowest BCUT2D eigenvalue weighted by Crippen LogP contribution is -2.42. The minimum atomic E-state index is -0.385. The monoisotopic (exact) mass is 401 g/mol. The van der Waals surface area contributed by atoms with E-state index in [1.807, 2.05) is 32.1 Å². The van der Waals surface area contributed by atoms with Gasteiger partial charge in [0.15, 0.2) is 6.61 Å². The second-order valence-corrected chi connectivity index (χ2v) is 7.60. The molecule has 2 aromatic rings. The molecule has 0 unspecified atom stereocenters. The van der Waals surface area contributed by atoms with Crippen molar-refractivity contribution in [1.82, 2.24) is 15.3 Å². The van der Waals surface area contributed by atoms with Gasteiger partial charge in [-0.2, -0.15) is 4.98 Å². The summed E-state index contributed by atoms with van der Waals surface area (Å²) >= 11 is 0. The fourth-order valence-electron chi connectivity index (χ4n) is 3.49. The molecule has 3 rings (SSSR count). The summed E-state index contributed by atoms with van der Waals surface area (Å²) in [5, 5.41) is 6.40. The summed E-state index contributed by atoms with van der Waals surface area (Å²) < 4.78 is 18.5. The third-order valence-corrected chi connectivity index (χ3v) is 4.96. The minimum Gasteiger partial charge on any atom is -0.484 e. The summed E-state index contributed by atoms with van der Waals surface area (Å²) in [5.74, 6) is 1.31. The maximum Gasteiger partial charge on any atom is 0.258 e. The molecule has 1 aliphatic rings. The number of anilines is 2. The van der Waals surface area contributed by atoms with Crippen LogP contribution in [0.3, 0.4) is 0 Å². The molecule has 7 nitrogen and oxygen atoms in total. The van der Waals surface area contributed by atoms with Crippen molar-refractivity contribution in [1.29, 1.82) is 0 Å². The first kappa shape index (κ1) is 20.8. The Kier molecular flexibility index (Phi) is 6.85. The van der Waals surface area contributed by atoms with E-state index in [4.69, 9.17) is 4.74 Å². The van der Waals surface area contributed by atoms with Crippen LogP contribution in [0.1, 0.15) is 31.2 Å². The van der Waals surface area contributed by atoms with E-state index < -0.39 is 0 Å². The summed E-state index contributed by atoms with van der Waals surface area (Å²) in [6.45, 7) is 1.87. The lowest BCUT2D eigenvalue weighted by Gasteiger charge is -2.30. The quantitative estimate of drug-likeness (QED) is 0.743. The van der Waals surface area contributed by atoms with Gasteiger partial charge in [-0.15, -0.1) is 0 Å². The first-order chi connectivity index (χ1) is 13.9. The summed E-state index contributed by atoms with van der Waals surface area (Å²) in [6.07, 6.45) is 5.41. The molecule has 0 radical (unpaired) electrons. The fourth-order valence-corrected chi connectivity index (χ4v) is 3.49. The molecule has 0 spiro atoms. The zero-order chi connectivity index (χ0) is 20.8. The lowest BCUT2D eigenvalue weighted by molar-refractivity contribution is -0.124. The van der Waals surface area contributed by atoms with E-state index in [2.05, 4.69) is 20.6 Å². The van der Waals surface area contributed by atoms with Crippen LogP contribution < -0.4 is 20.3 Å². The van der Waals surface area contributed by atoms with Crippen LogP contribution in [0.15, 0.2) is 30.5 Å². The molecular weight excluding hydrogens is 373 g/mol. The molecule has 0 atom stereocenters. The Morgan fingerprint density at radius 2 is 1.97 bits per heavy atom. The number of amides is 1. The number of halogens is 1. The van der Waals surface area contributed by atoms with Crippen LogP contribution in [0.4, 0.5) is 16.2 Å². The number of aromatic nitrogens is 2. The number of rotatable bonds is 7. The van der Waals surface area contributed by atoms with Crippen LogP contribution in [-0.4, -0.2) is 48.7 Å². The zero-order valence-corrected chi connectivity index (χ0v) is 17.1. The number of hydrogen-bond donors (Lipinski definition) is 2. The molecule has 1 heterocycles. The molecule has 8 heteroatoms. The van der Waals surface area contributed by atoms with Gasteiger partial charge in [0.2, 0.25) is 5.95 Å². The van der Waals surface area contributed by atoms with Gasteiger partial charge < -0.3 is 20.3 Å². The summed E-state index contributed by atoms with van der Waals surface area (Å²) in [6, 6.07) is 6.18.